The zero-order chi connectivity index (χ0) is 10.9. The molecule has 1 fully saturated rings. The van der Waals surface area contributed by atoms with Gasteiger partial charge in [-0.25, -0.2) is 0 Å². The molecule has 0 aliphatic carbocycles. The Kier molecular flexibility index (Phi) is 3.34. The van der Waals surface area contributed by atoms with Gasteiger partial charge in [-0.15, -0.1) is 0 Å². The fourth-order valence-corrected chi connectivity index (χ4v) is 1.23. The number of hydrogen-bond donors (Lipinski definition) is 4. The zero-order valence-corrected chi connectivity index (χ0v) is 7.05. The van der Waals surface area contributed by atoms with E-state index in [2.05, 4.69) is 4.74 Å². The maximum absolute atomic E-state index is 10.1. The lowest BCUT2D eigenvalue weighted by atomic mass is 9.99. The second-order valence-corrected chi connectivity index (χ2v) is 3.05. The predicted molar refractivity (Wildman–Crippen MR) is 40.8 cm³/mol. The van der Waals surface area contributed by atoms with Gasteiger partial charge in [-0.1, -0.05) is 0 Å². The Morgan fingerprint density at radius 3 is 2.21 bits per heavy atom. The van der Waals surface area contributed by atoms with Crippen molar-refractivity contribution in [1.82, 2.24) is 0 Å². The molecule has 1 saturated heterocycles. The van der Waals surface area contributed by atoms with Gasteiger partial charge < -0.3 is 25.2 Å². The summed E-state index contributed by atoms with van der Waals surface area (Å²) in [6, 6.07) is 0. The summed E-state index contributed by atoms with van der Waals surface area (Å²) >= 11 is 0. The van der Waals surface area contributed by atoms with Crippen LogP contribution in [0.1, 0.15) is 0 Å². The van der Waals surface area contributed by atoms with Gasteiger partial charge in [0.25, 0.3) is 0 Å². The van der Waals surface area contributed by atoms with Crippen LogP contribution in [-0.4, -0.2) is 62.6 Å². The molecule has 1 aliphatic rings. The van der Waals surface area contributed by atoms with Crippen LogP contribution in [0, 0.1) is 10.1 Å². The highest BCUT2D eigenvalue weighted by atomic mass is 16.7. The molecule has 8 heteroatoms. The average molecular weight is 209 g/mol. The van der Waals surface area contributed by atoms with Crippen molar-refractivity contribution in [3.8, 4) is 0 Å². The SMILES string of the molecule is O=[N+]([O-])CC1OC(O)C(O)[C@@H](O)[C@@H]1O. The van der Waals surface area contributed by atoms with Crippen molar-refractivity contribution in [2.24, 2.45) is 0 Å². The maximum Gasteiger partial charge on any atom is 0.232 e. The van der Waals surface area contributed by atoms with Crippen LogP contribution in [0.2, 0.25) is 0 Å². The monoisotopic (exact) mass is 209 g/mol. The molecule has 82 valence electrons. The minimum atomic E-state index is -1.72. The third-order valence-corrected chi connectivity index (χ3v) is 2.02. The molecule has 5 atom stereocenters. The summed E-state index contributed by atoms with van der Waals surface area (Å²) in [7, 11) is 0. The van der Waals surface area contributed by atoms with Crippen LogP contribution < -0.4 is 0 Å². The van der Waals surface area contributed by atoms with Crippen molar-refractivity contribution in [1.29, 1.82) is 0 Å². The Balaban J connectivity index is 2.65. The first-order chi connectivity index (χ1) is 6.43. The Labute approximate surface area is 78.5 Å². The normalized spacial score (nSPS) is 43.6. The third-order valence-electron chi connectivity index (χ3n) is 2.02. The zero-order valence-electron chi connectivity index (χ0n) is 7.05. The number of aliphatic hydroxyl groups excluding tert-OH is 4. The maximum atomic E-state index is 10.1. The Morgan fingerprint density at radius 1 is 1.14 bits per heavy atom. The van der Waals surface area contributed by atoms with Gasteiger partial charge in [0.05, 0.1) is 0 Å². The molecule has 1 rings (SSSR count). The van der Waals surface area contributed by atoms with E-state index in [1.165, 1.54) is 0 Å². The first-order valence-corrected chi connectivity index (χ1v) is 3.93. The van der Waals surface area contributed by atoms with Crippen molar-refractivity contribution < 1.29 is 30.1 Å². The molecule has 0 amide bonds. The van der Waals surface area contributed by atoms with Gasteiger partial charge in [0.2, 0.25) is 6.54 Å². The van der Waals surface area contributed by atoms with Crippen LogP contribution in [-0.2, 0) is 4.74 Å². The molecule has 0 aromatic rings. The standard InChI is InChI=1S/C6H11NO7/c8-3-2(1-7(12)13)14-6(11)5(10)4(3)9/h2-6,8-11H,1H2/t2?,3-,4+,5?,6?/m1/s1. The second kappa shape index (κ2) is 4.15. The Bertz CT molecular complexity index is 222. The van der Waals surface area contributed by atoms with Gasteiger partial charge in [0, 0.05) is 4.92 Å². The average Bonchev–Trinajstić information content (AvgIpc) is 2.10. The highest BCUT2D eigenvalue weighted by molar-refractivity contribution is 4.88. The van der Waals surface area contributed by atoms with E-state index in [-0.39, 0.29) is 0 Å². The predicted octanol–water partition coefficient (Wildman–Crippen LogP) is -2.94. The second-order valence-electron chi connectivity index (χ2n) is 3.05. The minimum absolute atomic E-state index is 0.745. The highest BCUT2D eigenvalue weighted by Crippen LogP contribution is 2.19. The molecule has 0 bridgehead atoms. The van der Waals surface area contributed by atoms with E-state index in [4.69, 9.17) is 15.3 Å². The lowest BCUT2D eigenvalue weighted by Gasteiger charge is -2.36. The molecule has 3 unspecified atom stereocenters. The summed E-state index contributed by atoms with van der Waals surface area (Å²) in [6.07, 6.45) is -7.94. The molecule has 14 heavy (non-hydrogen) atoms. The lowest BCUT2D eigenvalue weighted by Crippen LogP contribution is -2.59. The molecule has 0 aromatic heterocycles. The summed E-state index contributed by atoms with van der Waals surface area (Å²) in [6.45, 7) is -0.748. The van der Waals surface area contributed by atoms with Crippen LogP contribution in [0.15, 0.2) is 0 Å². The number of rotatable bonds is 2. The van der Waals surface area contributed by atoms with Gasteiger partial charge in [-0.05, 0) is 0 Å². The molecule has 8 nitrogen and oxygen atoms in total. The molecular weight excluding hydrogens is 198 g/mol. The van der Waals surface area contributed by atoms with Crippen molar-refractivity contribution >= 4 is 0 Å². The van der Waals surface area contributed by atoms with E-state index in [1.54, 1.807) is 0 Å². The molecule has 0 spiro atoms. The third kappa shape index (κ3) is 2.16. The van der Waals surface area contributed by atoms with Crippen molar-refractivity contribution in [2.75, 3.05) is 6.54 Å². The molecular formula is C6H11NO7. The number of aliphatic hydroxyl groups is 4. The summed E-state index contributed by atoms with van der Waals surface area (Å²) in [4.78, 5) is 9.35. The van der Waals surface area contributed by atoms with E-state index in [1.807, 2.05) is 0 Å². The van der Waals surface area contributed by atoms with Crippen LogP contribution in [0.3, 0.4) is 0 Å². The summed E-state index contributed by atoms with van der Waals surface area (Å²) < 4.78 is 4.55. The number of nitrogens with zero attached hydrogens (tertiary/aromatic N) is 1. The van der Waals surface area contributed by atoms with Crippen molar-refractivity contribution in [3.05, 3.63) is 10.1 Å². The van der Waals surface area contributed by atoms with E-state index in [0.29, 0.717) is 0 Å². The fourth-order valence-electron chi connectivity index (χ4n) is 1.23. The molecule has 0 radical (unpaired) electrons. The van der Waals surface area contributed by atoms with Gasteiger partial charge in [-0.3, -0.25) is 10.1 Å². The first-order valence-electron chi connectivity index (χ1n) is 3.93. The highest BCUT2D eigenvalue weighted by Gasteiger charge is 2.44. The van der Waals surface area contributed by atoms with Crippen LogP contribution in [0.25, 0.3) is 0 Å². The minimum Gasteiger partial charge on any atom is -0.387 e. The van der Waals surface area contributed by atoms with Gasteiger partial charge >= 0.3 is 0 Å². The fraction of sp³-hybridized carbons (Fsp3) is 1.00. The van der Waals surface area contributed by atoms with E-state index < -0.39 is 42.2 Å². The van der Waals surface area contributed by atoms with Crippen LogP contribution in [0.4, 0.5) is 0 Å². The van der Waals surface area contributed by atoms with E-state index in [0.717, 1.165) is 0 Å². The van der Waals surface area contributed by atoms with Gasteiger partial charge in [0.15, 0.2) is 12.4 Å². The van der Waals surface area contributed by atoms with Gasteiger partial charge in [0.1, 0.15) is 18.3 Å². The van der Waals surface area contributed by atoms with E-state index in [9.17, 15) is 15.2 Å². The van der Waals surface area contributed by atoms with Crippen LogP contribution in [0.5, 0.6) is 0 Å². The smallest absolute Gasteiger partial charge is 0.232 e. The first kappa shape index (κ1) is 11.3. The Morgan fingerprint density at radius 2 is 1.71 bits per heavy atom. The summed E-state index contributed by atoms with van der Waals surface area (Å²) in [5.74, 6) is 0. The number of hydrogen-bond acceptors (Lipinski definition) is 7. The molecule has 0 saturated carbocycles. The molecule has 0 aromatic carbocycles. The van der Waals surface area contributed by atoms with Gasteiger partial charge in [-0.2, -0.15) is 0 Å². The molecule has 1 aliphatic heterocycles. The molecule has 4 N–H and O–H groups in total. The molecule has 1 heterocycles. The van der Waals surface area contributed by atoms with Crippen LogP contribution >= 0.6 is 0 Å². The van der Waals surface area contributed by atoms with Crippen molar-refractivity contribution in [3.63, 3.8) is 0 Å². The number of nitro groups is 1. The summed E-state index contributed by atoms with van der Waals surface area (Å²) in [5, 5.41) is 46.5. The Hall–Kier alpha value is -0.800. The topological polar surface area (TPSA) is 133 Å². The van der Waals surface area contributed by atoms with Crippen molar-refractivity contribution in [2.45, 2.75) is 30.7 Å². The quantitative estimate of drug-likeness (QED) is 0.282. The largest absolute Gasteiger partial charge is 0.387 e. The van der Waals surface area contributed by atoms with E-state index >= 15 is 0 Å². The lowest BCUT2D eigenvalue weighted by molar-refractivity contribution is -0.501. The number of ether oxygens (including phenoxy) is 1. The summed E-state index contributed by atoms with van der Waals surface area (Å²) in [5.41, 5.74) is 0.